The zero-order valence-electron chi connectivity index (χ0n) is 6.06. The van der Waals surface area contributed by atoms with Crippen molar-refractivity contribution in [3.8, 4) is 0 Å². The van der Waals surface area contributed by atoms with Crippen LogP contribution in [0.2, 0.25) is 5.15 Å². The molecule has 1 heterocycles. The van der Waals surface area contributed by atoms with Crippen molar-refractivity contribution < 1.29 is 4.92 Å². The summed E-state index contributed by atoms with van der Waals surface area (Å²) in [4.78, 5) is 10.6. The zero-order valence-corrected chi connectivity index (χ0v) is 6.82. The van der Waals surface area contributed by atoms with Crippen molar-refractivity contribution in [2.45, 2.75) is 0 Å². The van der Waals surface area contributed by atoms with Crippen molar-refractivity contribution in [3.05, 3.63) is 43.3 Å². The van der Waals surface area contributed by atoms with Gasteiger partial charge in [-0.05, 0) is 11.6 Å². The van der Waals surface area contributed by atoms with Crippen LogP contribution >= 0.6 is 11.6 Å². The van der Waals surface area contributed by atoms with Crippen LogP contribution in [0.15, 0.2) is 12.1 Å². The smallest absolute Gasteiger partial charge is 0.361 e. The Kier molecular flexibility index (Phi) is 2.38. The van der Waals surface area contributed by atoms with Crippen LogP contribution in [0.25, 0.3) is 0 Å². The monoisotopic (exact) mass is 204 g/mol. The first-order valence-electron chi connectivity index (χ1n) is 3.03. The van der Waals surface area contributed by atoms with E-state index in [-0.39, 0.29) is 5.15 Å². The van der Waals surface area contributed by atoms with Gasteiger partial charge in [0.15, 0.2) is 5.15 Å². The number of hydrogen-bond donors (Lipinski definition) is 1. The van der Waals surface area contributed by atoms with E-state index in [1.54, 1.807) is 0 Å². The highest BCUT2D eigenvalue weighted by Gasteiger charge is 2.14. The van der Waals surface area contributed by atoms with Gasteiger partial charge < -0.3 is 10.4 Å². The van der Waals surface area contributed by atoms with E-state index in [0.717, 1.165) is 6.07 Å². The molecule has 8 heteroatoms. The van der Waals surface area contributed by atoms with Crippen LogP contribution in [0, 0.1) is 20.5 Å². The van der Waals surface area contributed by atoms with E-state index < -0.39 is 21.0 Å². The lowest BCUT2D eigenvalue weighted by molar-refractivity contribution is -0.386. The van der Waals surface area contributed by atoms with Crippen LogP contribution in [0.3, 0.4) is 0 Å². The lowest BCUT2D eigenvalue weighted by atomic mass is 10.4. The molecular formula is C5H3ClN3O4-. The highest BCUT2D eigenvalue weighted by molar-refractivity contribution is 6.29. The molecule has 1 aromatic rings. The van der Waals surface area contributed by atoms with Crippen LogP contribution in [0.4, 0.5) is 5.69 Å². The molecule has 70 valence electrons. The Hall–Kier alpha value is -1.76. The average Bonchev–Trinajstić information content (AvgIpc) is 2.03. The Balaban J connectivity index is 3.55. The number of nitrogens with one attached hydrogen (secondary N) is 1. The second-order valence-electron chi connectivity index (χ2n) is 2.05. The van der Waals surface area contributed by atoms with E-state index in [2.05, 4.69) is 4.98 Å². The summed E-state index contributed by atoms with van der Waals surface area (Å²) >= 11 is 5.38. The van der Waals surface area contributed by atoms with Gasteiger partial charge in [-0.1, -0.05) is 0 Å². The molecular weight excluding hydrogens is 202 g/mol. The highest BCUT2D eigenvalue weighted by atomic mass is 35.5. The summed E-state index contributed by atoms with van der Waals surface area (Å²) in [7, 11) is 0. The molecule has 0 aliphatic heterocycles. The second kappa shape index (κ2) is 3.31. The fourth-order valence-corrected chi connectivity index (χ4v) is 0.889. The topological polar surface area (TPSA) is 108 Å². The Labute approximate surface area is 76.2 Å². The first kappa shape index (κ1) is 9.33. The zero-order chi connectivity index (χ0) is 10.0. The lowest BCUT2D eigenvalue weighted by Gasteiger charge is -2.08. The molecule has 0 saturated carbocycles. The summed E-state index contributed by atoms with van der Waals surface area (Å²) in [5.74, 6) is 0. The maximum Gasteiger partial charge on any atom is 0.361 e. The Morgan fingerprint density at radius 1 is 1.31 bits per heavy atom. The molecule has 0 unspecified atom stereocenters. The van der Waals surface area contributed by atoms with Gasteiger partial charge in [0.05, 0.1) is 4.92 Å². The van der Waals surface area contributed by atoms with E-state index >= 15 is 0 Å². The summed E-state index contributed by atoms with van der Waals surface area (Å²) in [6.45, 7) is 0. The largest absolute Gasteiger partial charge is 0.712 e. The van der Waals surface area contributed by atoms with Crippen molar-refractivity contribution in [1.29, 1.82) is 0 Å². The molecule has 13 heavy (non-hydrogen) atoms. The fraction of sp³-hybridized carbons (Fsp3) is 0. The normalized spacial score (nSPS) is 9.62. The standard InChI is InChI=1S/C5H3ClN3O4/c6-4-2-1-3(8(10)11)5(7-4)9(12)13/h1-2,7H/q-1. The van der Waals surface area contributed by atoms with Crippen LogP contribution in [-0.4, -0.2) is 9.91 Å². The number of aromatic nitrogens is 1. The van der Waals surface area contributed by atoms with E-state index in [1.807, 2.05) is 0 Å². The summed E-state index contributed by atoms with van der Waals surface area (Å²) in [6.07, 6.45) is 0. The second-order valence-corrected chi connectivity index (χ2v) is 2.46. The number of aromatic amines is 1. The Morgan fingerprint density at radius 3 is 2.38 bits per heavy atom. The third-order valence-corrected chi connectivity index (χ3v) is 1.47. The van der Waals surface area contributed by atoms with Crippen molar-refractivity contribution in [2.24, 2.45) is 0 Å². The van der Waals surface area contributed by atoms with Crippen LogP contribution in [0.1, 0.15) is 0 Å². The molecule has 0 aliphatic rings. The number of hydrogen-bond acceptors (Lipinski definition) is 4. The van der Waals surface area contributed by atoms with Gasteiger partial charge in [0.25, 0.3) is 0 Å². The summed E-state index contributed by atoms with van der Waals surface area (Å²) < 4.78 is 0. The van der Waals surface area contributed by atoms with Gasteiger partial charge >= 0.3 is 11.2 Å². The fourth-order valence-electron chi connectivity index (χ4n) is 0.736. The number of nitrogens with zero attached hydrogens (tertiary/aromatic N) is 2. The lowest BCUT2D eigenvalue weighted by Crippen LogP contribution is -2.25. The number of halogens is 1. The maximum absolute atomic E-state index is 10.3. The number of rotatable bonds is 1. The minimum Gasteiger partial charge on any atom is -0.712 e. The van der Waals surface area contributed by atoms with Gasteiger partial charge in [-0.15, -0.1) is 0 Å². The third kappa shape index (κ3) is 1.88. The van der Waals surface area contributed by atoms with Gasteiger partial charge in [0.2, 0.25) is 0 Å². The average molecular weight is 205 g/mol. The minimum atomic E-state index is -0.899. The minimum absolute atomic E-state index is 0.0303. The summed E-state index contributed by atoms with van der Waals surface area (Å²) in [6, 6.07) is 2.14. The van der Waals surface area contributed by atoms with Gasteiger partial charge in [0, 0.05) is 12.1 Å². The number of nitro groups is 1. The quantitative estimate of drug-likeness (QED) is 0.404. The molecule has 0 amide bonds. The molecule has 0 radical (unpaired) electrons. The molecule has 7 nitrogen and oxygen atoms in total. The predicted molar refractivity (Wildman–Crippen MR) is 44.5 cm³/mol. The number of H-pyrrole nitrogens is 1. The third-order valence-electron chi connectivity index (χ3n) is 1.25. The van der Waals surface area contributed by atoms with Crippen LogP contribution in [0.5, 0.6) is 0 Å². The van der Waals surface area contributed by atoms with Crippen molar-refractivity contribution in [2.75, 3.05) is 0 Å². The molecule has 1 N–H and O–H groups in total. The summed E-state index contributed by atoms with van der Waals surface area (Å²) in [5, 5.41) is 30.8. The van der Waals surface area contributed by atoms with Gasteiger partial charge in [-0.2, -0.15) is 0 Å². The molecule has 0 aromatic carbocycles. The van der Waals surface area contributed by atoms with E-state index in [1.165, 1.54) is 6.07 Å². The summed E-state index contributed by atoms with van der Waals surface area (Å²) in [5.41, 5.74) is -1.34. The van der Waals surface area contributed by atoms with E-state index in [4.69, 9.17) is 11.6 Å². The van der Waals surface area contributed by atoms with Gasteiger partial charge in [-0.25, -0.2) is 4.98 Å². The highest BCUT2D eigenvalue weighted by Crippen LogP contribution is 2.06. The van der Waals surface area contributed by atoms with Gasteiger partial charge in [0.1, 0.15) is 0 Å². The maximum atomic E-state index is 10.3. The van der Waals surface area contributed by atoms with Crippen LogP contribution in [-0.2, 0) is 0 Å². The number of pyridine rings is 1. The predicted octanol–water partition coefficient (Wildman–Crippen LogP) is 0.344. The van der Waals surface area contributed by atoms with E-state index in [9.17, 15) is 20.5 Å². The first-order valence-corrected chi connectivity index (χ1v) is 3.41. The molecule has 0 aliphatic carbocycles. The Bertz CT molecular complexity index is 408. The van der Waals surface area contributed by atoms with E-state index in [0.29, 0.717) is 0 Å². The molecule has 0 bridgehead atoms. The molecule has 0 saturated heterocycles. The van der Waals surface area contributed by atoms with Crippen molar-refractivity contribution >= 4 is 17.3 Å². The first-order chi connectivity index (χ1) is 6.02. The SMILES string of the molecule is O=[N+]([O-])c1ccc(Cl)[nH]c1=[N+]([O-])[O-]. The van der Waals surface area contributed by atoms with Crippen LogP contribution < -0.4 is 10.4 Å². The van der Waals surface area contributed by atoms with Gasteiger partial charge in [-0.3, -0.25) is 15.0 Å². The molecule has 1 aromatic heterocycles. The molecule has 0 atom stereocenters. The Morgan fingerprint density at radius 2 is 1.92 bits per heavy atom. The van der Waals surface area contributed by atoms with Crippen molar-refractivity contribution in [3.63, 3.8) is 0 Å². The molecule has 0 spiro atoms. The van der Waals surface area contributed by atoms with Crippen molar-refractivity contribution in [1.82, 2.24) is 9.89 Å². The molecule has 0 fully saturated rings. The molecule has 1 rings (SSSR count).